The second-order valence-electron chi connectivity index (χ2n) is 5.32. The van der Waals surface area contributed by atoms with Gasteiger partial charge in [-0.3, -0.25) is 9.52 Å². The van der Waals surface area contributed by atoms with E-state index < -0.39 is 16.0 Å². The molecule has 0 aliphatic carbocycles. The molecular weight excluding hydrogens is 426 g/mol. The van der Waals surface area contributed by atoms with Gasteiger partial charge in [0.2, 0.25) is 0 Å². The van der Waals surface area contributed by atoms with Crippen LogP contribution in [0.15, 0.2) is 45.8 Å². The van der Waals surface area contributed by atoms with Crippen molar-refractivity contribution in [1.29, 1.82) is 0 Å². The lowest BCUT2D eigenvalue weighted by Gasteiger charge is -2.16. The van der Waals surface area contributed by atoms with Crippen molar-refractivity contribution in [3.63, 3.8) is 0 Å². The summed E-state index contributed by atoms with van der Waals surface area (Å²) in [7, 11) is -1.14. The zero-order valence-corrected chi connectivity index (χ0v) is 16.6. The highest BCUT2D eigenvalue weighted by atomic mass is 79.9. The largest absolute Gasteiger partial charge is 0.493 e. The molecule has 0 saturated carbocycles. The molecule has 0 saturated heterocycles. The Labute approximate surface area is 160 Å². The van der Waals surface area contributed by atoms with Gasteiger partial charge in [-0.1, -0.05) is 15.9 Å². The average molecular weight is 444 g/mol. The maximum atomic E-state index is 12.9. The van der Waals surface area contributed by atoms with E-state index in [4.69, 9.17) is 14.6 Å². The van der Waals surface area contributed by atoms with E-state index in [1.807, 2.05) is 0 Å². The molecule has 0 aromatic heterocycles. The average Bonchev–Trinajstić information content (AvgIpc) is 2.60. The number of halogens is 1. The van der Waals surface area contributed by atoms with Crippen molar-refractivity contribution in [1.82, 2.24) is 0 Å². The van der Waals surface area contributed by atoms with E-state index in [1.165, 1.54) is 26.4 Å². The third-order valence-corrected chi connectivity index (χ3v) is 5.55. The summed E-state index contributed by atoms with van der Waals surface area (Å²) in [4.78, 5) is 10.9. The molecule has 26 heavy (non-hydrogen) atoms. The van der Waals surface area contributed by atoms with Gasteiger partial charge in [0.05, 0.1) is 19.1 Å². The molecular formula is C17H18BrNO6S. The number of benzene rings is 2. The van der Waals surface area contributed by atoms with E-state index in [0.29, 0.717) is 17.0 Å². The summed E-state index contributed by atoms with van der Waals surface area (Å²) in [6.07, 6.45) is -0.178. The Morgan fingerprint density at radius 2 is 1.69 bits per heavy atom. The van der Waals surface area contributed by atoms with Crippen molar-refractivity contribution in [3.05, 3.63) is 46.4 Å². The lowest BCUT2D eigenvalue weighted by atomic mass is 10.1. The molecule has 2 aromatic carbocycles. The van der Waals surface area contributed by atoms with Crippen LogP contribution in [0.2, 0.25) is 0 Å². The third-order valence-electron chi connectivity index (χ3n) is 3.56. The van der Waals surface area contributed by atoms with E-state index in [-0.39, 0.29) is 23.5 Å². The van der Waals surface area contributed by atoms with Gasteiger partial charge in [-0.2, -0.15) is 0 Å². The van der Waals surface area contributed by atoms with E-state index in [1.54, 1.807) is 24.3 Å². The number of rotatable bonds is 8. The van der Waals surface area contributed by atoms with Crippen molar-refractivity contribution in [2.75, 3.05) is 18.9 Å². The Kier molecular flexibility index (Phi) is 6.49. The molecule has 0 fully saturated rings. The molecule has 0 aliphatic rings. The number of carboxylic acids is 1. The fraction of sp³-hybridized carbons (Fsp3) is 0.235. The summed E-state index contributed by atoms with van der Waals surface area (Å²) in [5, 5.41) is 8.93. The van der Waals surface area contributed by atoms with Crippen molar-refractivity contribution in [2.24, 2.45) is 0 Å². The van der Waals surface area contributed by atoms with Crippen molar-refractivity contribution in [3.8, 4) is 11.5 Å². The van der Waals surface area contributed by atoms with E-state index in [9.17, 15) is 13.2 Å². The molecule has 9 heteroatoms. The Balaban J connectivity index is 2.49. The Bertz CT molecular complexity index is 896. The number of anilines is 1. The Hall–Kier alpha value is -2.26. The number of carboxylic acid groups (broad SMARTS) is 1. The Morgan fingerprint density at radius 3 is 2.23 bits per heavy atom. The number of carbonyl (C=O) groups is 1. The number of hydrogen-bond acceptors (Lipinski definition) is 5. The molecule has 0 spiro atoms. The summed E-state index contributed by atoms with van der Waals surface area (Å²) in [6, 6.07) is 9.45. The first kappa shape index (κ1) is 20.1. The number of sulfonamides is 1. The quantitative estimate of drug-likeness (QED) is 0.648. The lowest BCUT2D eigenvalue weighted by Crippen LogP contribution is -2.16. The Morgan fingerprint density at radius 1 is 1.12 bits per heavy atom. The van der Waals surface area contributed by atoms with Crippen LogP contribution in [0.5, 0.6) is 11.5 Å². The summed E-state index contributed by atoms with van der Waals surface area (Å²) in [6.45, 7) is 0. The summed E-state index contributed by atoms with van der Waals surface area (Å²) in [5.41, 5.74) is 0.710. The first-order valence-electron chi connectivity index (χ1n) is 7.52. The summed E-state index contributed by atoms with van der Waals surface area (Å²) < 4.78 is 39.4. The number of hydrogen-bond donors (Lipinski definition) is 2. The molecule has 0 amide bonds. The highest BCUT2D eigenvalue weighted by Gasteiger charge is 2.23. The number of aliphatic carboxylic acids is 1. The highest BCUT2D eigenvalue weighted by Crippen LogP contribution is 2.34. The molecule has 2 N–H and O–H groups in total. The molecule has 2 rings (SSSR count). The number of ether oxygens (including phenoxy) is 2. The zero-order chi connectivity index (χ0) is 19.3. The highest BCUT2D eigenvalue weighted by molar-refractivity contribution is 9.10. The van der Waals surface area contributed by atoms with E-state index in [2.05, 4.69) is 20.7 Å². The van der Waals surface area contributed by atoms with Crippen LogP contribution in [0.1, 0.15) is 12.0 Å². The van der Waals surface area contributed by atoms with Crippen LogP contribution in [0.25, 0.3) is 0 Å². The molecule has 0 radical (unpaired) electrons. The molecule has 140 valence electrons. The molecule has 0 unspecified atom stereocenters. The normalized spacial score (nSPS) is 11.0. The first-order valence-corrected chi connectivity index (χ1v) is 9.79. The molecule has 0 heterocycles. The second kappa shape index (κ2) is 8.41. The zero-order valence-electron chi connectivity index (χ0n) is 14.2. The van der Waals surface area contributed by atoms with Crippen molar-refractivity contribution < 1.29 is 27.8 Å². The summed E-state index contributed by atoms with van der Waals surface area (Å²) in [5.74, 6) is -0.456. The van der Waals surface area contributed by atoms with Crippen LogP contribution >= 0.6 is 15.9 Å². The van der Waals surface area contributed by atoms with Gasteiger partial charge in [0.25, 0.3) is 10.0 Å². The number of nitrogens with one attached hydrogen (secondary N) is 1. The molecule has 0 bridgehead atoms. The van der Waals surface area contributed by atoms with Gasteiger partial charge < -0.3 is 14.6 Å². The first-order chi connectivity index (χ1) is 12.3. The van der Waals surface area contributed by atoms with Gasteiger partial charge in [-0.25, -0.2) is 8.42 Å². The molecule has 0 atom stereocenters. The minimum atomic E-state index is -3.96. The molecule has 0 aliphatic heterocycles. The van der Waals surface area contributed by atoms with Crippen LogP contribution in [0, 0.1) is 0 Å². The van der Waals surface area contributed by atoms with Crippen molar-refractivity contribution >= 4 is 37.6 Å². The maximum Gasteiger partial charge on any atom is 0.303 e. The summed E-state index contributed by atoms with van der Waals surface area (Å²) >= 11 is 3.29. The van der Waals surface area contributed by atoms with Crippen LogP contribution in [0.4, 0.5) is 5.69 Å². The molecule has 7 nitrogen and oxygen atoms in total. The second-order valence-corrected chi connectivity index (χ2v) is 7.89. The van der Waals surface area contributed by atoms with Gasteiger partial charge >= 0.3 is 5.97 Å². The van der Waals surface area contributed by atoms with Gasteiger partial charge in [0, 0.05) is 22.6 Å². The van der Waals surface area contributed by atoms with Gasteiger partial charge in [0.15, 0.2) is 11.5 Å². The van der Waals surface area contributed by atoms with Gasteiger partial charge in [-0.15, -0.1) is 0 Å². The van der Waals surface area contributed by atoms with Gasteiger partial charge in [0.1, 0.15) is 0 Å². The number of aryl methyl sites for hydroxylation is 1. The molecule has 2 aromatic rings. The lowest BCUT2D eigenvalue weighted by molar-refractivity contribution is -0.136. The topological polar surface area (TPSA) is 102 Å². The number of methoxy groups -OCH3 is 2. The standard InChI is InChI=1S/C17H18BrNO6S/c1-24-14-9-11(3-8-17(20)21)16(10-15(14)25-2)26(22,23)19-13-6-4-12(18)5-7-13/h4-7,9-10,19H,3,8H2,1-2H3,(H,20,21). The van der Waals surface area contributed by atoms with Crippen molar-refractivity contribution in [2.45, 2.75) is 17.7 Å². The van der Waals surface area contributed by atoms with E-state index in [0.717, 1.165) is 4.47 Å². The van der Waals surface area contributed by atoms with Crippen LogP contribution < -0.4 is 14.2 Å². The van der Waals surface area contributed by atoms with Crippen LogP contribution in [-0.4, -0.2) is 33.7 Å². The van der Waals surface area contributed by atoms with Gasteiger partial charge in [-0.05, 0) is 42.3 Å². The predicted molar refractivity (Wildman–Crippen MR) is 100 cm³/mol. The predicted octanol–water partition coefficient (Wildman–Crippen LogP) is 3.28. The monoisotopic (exact) mass is 443 g/mol. The van der Waals surface area contributed by atoms with Crippen LogP contribution in [0.3, 0.4) is 0 Å². The smallest absolute Gasteiger partial charge is 0.303 e. The van der Waals surface area contributed by atoms with E-state index >= 15 is 0 Å². The minimum absolute atomic E-state index is 0.0340. The minimum Gasteiger partial charge on any atom is -0.493 e. The maximum absolute atomic E-state index is 12.9. The fourth-order valence-electron chi connectivity index (χ4n) is 2.32. The SMILES string of the molecule is COc1cc(CCC(=O)O)c(S(=O)(=O)Nc2ccc(Br)cc2)cc1OC. The fourth-order valence-corrected chi connectivity index (χ4v) is 3.91. The third kappa shape index (κ3) is 4.89. The van der Waals surface area contributed by atoms with Crippen LogP contribution in [-0.2, 0) is 21.2 Å².